The highest BCUT2D eigenvalue weighted by molar-refractivity contribution is 7.88. The molecule has 0 radical (unpaired) electrons. The molecule has 0 heterocycles. The van der Waals surface area contributed by atoms with Crippen molar-refractivity contribution in [2.24, 2.45) is 0 Å². The number of esters is 1. The van der Waals surface area contributed by atoms with Gasteiger partial charge in [-0.2, -0.15) is 4.31 Å². The van der Waals surface area contributed by atoms with Gasteiger partial charge in [-0.25, -0.2) is 8.42 Å². The minimum absolute atomic E-state index is 0.252. The molecule has 0 amide bonds. The predicted octanol–water partition coefficient (Wildman–Crippen LogP) is 1.50. The lowest BCUT2D eigenvalue weighted by Gasteiger charge is -2.26. The Labute approximate surface area is 119 Å². The van der Waals surface area contributed by atoms with Gasteiger partial charge in [0.2, 0.25) is 10.0 Å². The summed E-state index contributed by atoms with van der Waals surface area (Å²) in [5, 5.41) is 0. The van der Waals surface area contributed by atoms with E-state index < -0.39 is 16.0 Å². The molecule has 1 aliphatic rings. The number of carbonyl (C=O) groups is 1. The van der Waals surface area contributed by atoms with Gasteiger partial charge in [0.25, 0.3) is 0 Å². The van der Waals surface area contributed by atoms with E-state index in [-0.39, 0.29) is 12.6 Å². The molecule has 0 bridgehead atoms. The highest BCUT2D eigenvalue weighted by atomic mass is 32.2. The maximum atomic E-state index is 11.8. The molecule has 0 saturated carbocycles. The highest BCUT2D eigenvalue weighted by Crippen LogP contribution is 2.32. The number of likely N-dealkylation sites (N-methyl/N-ethyl adjacent to an activating group) is 1. The molecule has 0 N–H and O–H groups in total. The van der Waals surface area contributed by atoms with Crippen LogP contribution in [-0.4, -0.2) is 38.5 Å². The Morgan fingerprint density at radius 3 is 2.80 bits per heavy atom. The Morgan fingerprint density at radius 1 is 1.40 bits per heavy atom. The van der Waals surface area contributed by atoms with Crippen molar-refractivity contribution in [2.45, 2.75) is 25.4 Å². The third-order valence-corrected chi connectivity index (χ3v) is 4.77. The molecule has 1 unspecified atom stereocenters. The molecule has 1 aliphatic carbocycles. The standard InChI is InChI=1S/C14H19NO4S/c1-15(20(2,17)18)10-14(16)19-13-9-5-7-11-6-3-4-8-12(11)13/h3-4,6,8,13H,5,7,9-10H2,1-2H3. The molecule has 0 aliphatic heterocycles. The smallest absolute Gasteiger partial charge is 0.321 e. The number of aryl methyl sites for hydroxylation is 1. The molecule has 1 aromatic rings. The van der Waals surface area contributed by atoms with Crippen LogP contribution in [0.15, 0.2) is 24.3 Å². The maximum Gasteiger partial charge on any atom is 0.321 e. The average Bonchev–Trinajstić information content (AvgIpc) is 2.38. The van der Waals surface area contributed by atoms with Gasteiger partial charge in [0, 0.05) is 7.05 Å². The summed E-state index contributed by atoms with van der Waals surface area (Å²) in [4.78, 5) is 11.8. The van der Waals surface area contributed by atoms with Crippen LogP contribution in [0.1, 0.15) is 30.1 Å². The molecule has 6 heteroatoms. The van der Waals surface area contributed by atoms with Gasteiger partial charge in [0.05, 0.1) is 6.26 Å². The Morgan fingerprint density at radius 2 is 2.10 bits per heavy atom. The van der Waals surface area contributed by atoms with Crippen LogP contribution in [0.25, 0.3) is 0 Å². The van der Waals surface area contributed by atoms with Crippen molar-refractivity contribution >= 4 is 16.0 Å². The zero-order valence-corrected chi connectivity index (χ0v) is 12.5. The van der Waals surface area contributed by atoms with Gasteiger partial charge in [0.1, 0.15) is 12.6 Å². The van der Waals surface area contributed by atoms with Gasteiger partial charge < -0.3 is 4.74 Å². The van der Waals surface area contributed by atoms with Crippen molar-refractivity contribution in [3.05, 3.63) is 35.4 Å². The van der Waals surface area contributed by atoms with Crippen LogP contribution >= 0.6 is 0 Å². The minimum Gasteiger partial charge on any atom is -0.456 e. The Hall–Kier alpha value is -1.40. The number of fused-ring (bicyclic) bond motifs is 1. The lowest BCUT2D eigenvalue weighted by atomic mass is 9.89. The van der Waals surface area contributed by atoms with Crippen LogP contribution < -0.4 is 0 Å². The molecule has 0 saturated heterocycles. The summed E-state index contributed by atoms with van der Waals surface area (Å²) in [6.07, 6.45) is 3.55. The van der Waals surface area contributed by atoms with Gasteiger partial charge in [0.15, 0.2) is 0 Å². The first kappa shape index (κ1) is 15.0. The highest BCUT2D eigenvalue weighted by Gasteiger charge is 2.24. The molecule has 1 atom stereocenters. The fraction of sp³-hybridized carbons (Fsp3) is 0.500. The van der Waals surface area contributed by atoms with Crippen LogP contribution in [0.2, 0.25) is 0 Å². The predicted molar refractivity (Wildman–Crippen MR) is 75.7 cm³/mol. The Balaban J connectivity index is 2.03. The first-order valence-corrected chi connectivity index (χ1v) is 8.41. The van der Waals surface area contributed by atoms with E-state index in [0.29, 0.717) is 0 Å². The molecule has 110 valence electrons. The number of hydrogen-bond donors (Lipinski definition) is 0. The van der Waals surface area contributed by atoms with Gasteiger partial charge >= 0.3 is 5.97 Å². The molecule has 0 aromatic heterocycles. The molecule has 2 rings (SSSR count). The van der Waals surface area contributed by atoms with Crippen LogP contribution in [-0.2, 0) is 26.0 Å². The van der Waals surface area contributed by atoms with E-state index in [1.54, 1.807) is 0 Å². The van der Waals surface area contributed by atoms with Crippen molar-refractivity contribution in [1.29, 1.82) is 0 Å². The second kappa shape index (κ2) is 5.93. The van der Waals surface area contributed by atoms with E-state index in [2.05, 4.69) is 0 Å². The van der Waals surface area contributed by atoms with Gasteiger partial charge in [-0.1, -0.05) is 24.3 Å². The molecule has 5 nitrogen and oxygen atoms in total. The van der Waals surface area contributed by atoms with E-state index in [1.165, 1.54) is 12.6 Å². The van der Waals surface area contributed by atoms with E-state index in [0.717, 1.165) is 35.4 Å². The summed E-state index contributed by atoms with van der Waals surface area (Å²) >= 11 is 0. The van der Waals surface area contributed by atoms with Gasteiger partial charge in [-0.15, -0.1) is 0 Å². The third-order valence-electron chi connectivity index (χ3n) is 3.51. The van der Waals surface area contributed by atoms with Crippen LogP contribution in [0, 0.1) is 0 Å². The number of ether oxygens (including phenoxy) is 1. The summed E-state index contributed by atoms with van der Waals surface area (Å²) in [5.41, 5.74) is 2.24. The van der Waals surface area contributed by atoms with Gasteiger partial charge in [-0.05, 0) is 30.4 Å². The summed E-state index contributed by atoms with van der Waals surface area (Å²) < 4.78 is 29.0. The van der Waals surface area contributed by atoms with Crippen molar-refractivity contribution < 1.29 is 17.9 Å². The van der Waals surface area contributed by atoms with E-state index in [1.807, 2.05) is 24.3 Å². The number of sulfonamides is 1. The van der Waals surface area contributed by atoms with E-state index in [9.17, 15) is 13.2 Å². The lowest BCUT2D eigenvalue weighted by molar-refractivity contribution is -0.150. The molecule has 0 spiro atoms. The van der Waals surface area contributed by atoms with Crippen molar-refractivity contribution in [3.8, 4) is 0 Å². The zero-order valence-electron chi connectivity index (χ0n) is 11.7. The third kappa shape index (κ3) is 3.58. The fourth-order valence-electron chi connectivity index (χ4n) is 2.33. The number of nitrogens with zero attached hydrogens (tertiary/aromatic N) is 1. The molecule has 1 aromatic carbocycles. The second-order valence-corrected chi connectivity index (χ2v) is 7.18. The van der Waals surface area contributed by atoms with Crippen LogP contribution in [0.4, 0.5) is 0 Å². The minimum atomic E-state index is -3.37. The second-order valence-electron chi connectivity index (χ2n) is 5.09. The first-order chi connectivity index (χ1) is 9.38. The molecule has 20 heavy (non-hydrogen) atoms. The molecule has 0 fully saturated rings. The Kier molecular flexibility index (Phi) is 4.45. The van der Waals surface area contributed by atoms with E-state index in [4.69, 9.17) is 4.74 Å². The van der Waals surface area contributed by atoms with Crippen molar-refractivity contribution in [3.63, 3.8) is 0 Å². The molecular formula is C14H19NO4S. The normalized spacial score (nSPS) is 18.6. The summed E-state index contributed by atoms with van der Waals surface area (Å²) in [6, 6.07) is 7.90. The maximum absolute atomic E-state index is 11.8. The largest absolute Gasteiger partial charge is 0.456 e. The van der Waals surface area contributed by atoms with E-state index >= 15 is 0 Å². The zero-order chi connectivity index (χ0) is 14.8. The van der Waals surface area contributed by atoms with Crippen LogP contribution in [0.5, 0.6) is 0 Å². The van der Waals surface area contributed by atoms with Crippen molar-refractivity contribution in [2.75, 3.05) is 19.8 Å². The summed E-state index contributed by atoms with van der Waals surface area (Å²) in [6.45, 7) is -0.252. The number of carbonyl (C=O) groups excluding carboxylic acids is 1. The summed E-state index contributed by atoms with van der Waals surface area (Å²) in [7, 11) is -2.00. The number of benzene rings is 1. The topological polar surface area (TPSA) is 63.7 Å². The molecular weight excluding hydrogens is 278 g/mol. The fourth-order valence-corrected chi connectivity index (χ4v) is 2.67. The quantitative estimate of drug-likeness (QED) is 0.790. The number of rotatable bonds is 4. The lowest BCUT2D eigenvalue weighted by Crippen LogP contribution is -2.33. The average molecular weight is 297 g/mol. The summed E-state index contributed by atoms with van der Waals surface area (Å²) in [5.74, 6) is -0.514. The Bertz CT molecular complexity index is 597. The van der Waals surface area contributed by atoms with Gasteiger partial charge in [-0.3, -0.25) is 4.79 Å². The van der Waals surface area contributed by atoms with Crippen molar-refractivity contribution in [1.82, 2.24) is 4.31 Å². The monoisotopic (exact) mass is 297 g/mol. The SMILES string of the molecule is CN(CC(=O)OC1CCCc2ccccc21)S(C)(=O)=O. The number of hydrogen-bond acceptors (Lipinski definition) is 4. The van der Waals surface area contributed by atoms with Crippen LogP contribution in [0.3, 0.4) is 0 Å². The first-order valence-electron chi connectivity index (χ1n) is 6.56.